The number of aromatic nitrogens is 3. The minimum atomic E-state index is -1.09. The SMILES string of the molecule is CC(C)(C)OC(=O)N1CCC(CNc2cc(Nc3cnc(C#N)cn3)ncc2C(=O)O)CC1. The van der Waals surface area contributed by atoms with E-state index >= 15 is 0 Å². The number of carbonyl (C=O) groups excluding carboxylic acids is 1. The predicted molar refractivity (Wildman–Crippen MR) is 120 cm³/mol. The topological polar surface area (TPSA) is 153 Å². The van der Waals surface area contributed by atoms with Crippen LogP contribution in [0, 0.1) is 17.2 Å². The van der Waals surface area contributed by atoms with Crippen LogP contribution in [0.1, 0.15) is 49.7 Å². The van der Waals surface area contributed by atoms with Crippen molar-refractivity contribution in [2.75, 3.05) is 30.3 Å². The fourth-order valence-electron chi connectivity index (χ4n) is 3.32. The molecule has 2 aromatic rings. The van der Waals surface area contributed by atoms with Gasteiger partial charge in [0.05, 0.1) is 18.1 Å². The molecule has 0 radical (unpaired) electrons. The van der Waals surface area contributed by atoms with E-state index in [0.29, 0.717) is 37.0 Å². The van der Waals surface area contributed by atoms with E-state index in [1.807, 2.05) is 26.8 Å². The summed E-state index contributed by atoms with van der Waals surface area (Å²) in [6, 6.07) is 3.49. The number of nitrogens with zero attached hydrogens (tertiary/aromatic N) is 5. The zero-order chi connectivity index (χ0) is 24.0. The van der Waals surface area contributed by atoms with E-state index in [1.165, 1.54) is 18.6 Å². The van der Waals surface area contributed by atoms with Crippen LogP contribution in [0.2, 0.25) is 0 Å². The fraction of sp³-hybridized carbons (Fsp3) is 0.455. The Bertz CT molecular complexity index is 1040. The molecular weight excluding hydrogens is 426 g/mol. The second-order valence-corrected chi connectivity index (χ2v) is 8.74. The van der Waals surface area contributed by atoms with Crippen LogP contribution >= 0.6 is 0 Å². The summed E-state index contributed by atoms with van der Waals surface area (Å²) >= 11 is 0. The molecule has 1 aliphatic rings. The predicted octanol–water partition coefficient (Wildman–Crippen LogP) is 3.24. The van der Waals surface area contributed by atoms with Crippen molar-refractivity contribution in [1.82, 2.24) is 19.9 Å². The van der Waals surface area contributed by atoms with Gasteiger partial charge < -0.3 is 25.4 Å². The van der Waals surface area contributed by atoms with Crippen LogP contribution in [-0.2, 0) is 4.74 Å². The normalized spacial score (nSPS) is 14.3. The Labute approximate surface area is 191 Å². The largest absolute Gasteiger partial charge is 0.478 e. The average Bonchev–Trinajstić information content (AvgIpc) is 2.77. The lowest BCUT2D eigenvalue weighted by Crippen LogP contribution is -2.42. The van der Waals surface area contributed by atoms with Gasteiger partial charge in [-0.1, -0.05) is 0 Å². The summed E-state index contributed by atoms with van der Waals surface area (Å²) in [4.78, 5) is 37.7. The Morgan fingerprint density at radius 3 is 2.45 bits per heavy atom. The van der Waals surface area contributed by atoms with Crippen LogP contribution in [0.25, 0.3) is 0 Å². The van der Waals surface area contributed by atoms with E-state index in [-0.39, 0.29) is 23.3 Å². The number of pyridine rings is 1. The van der Waals surface area contributed by atoms with Crippen LogP contribution in [0.5, 0.6) is 0 Å². The lowest BCUT2D eigenvalue weighted by Gasteiger charge is -2.33. The maximum atomic E-state index is 12.2. The molecule has 2 aromatic heterocycles. The van der Waals surface area contributed by atoms with Gasteiger partial charge in [0, 0.05) is 31.9 Å². The molecule has 1 amide bonds. The summed E-state index contributed by atoms with van der Waals surface area (Å²) in [6.45, 7) is 7.26. The lowest BCUT2D eigenvalue weighted by molar-refractivity contribution is 0.0188. The van der Waals surface area contributed by atoms with Gasteiger partial charge >= 0.3 is 12.1 Å². The zero-order valence-corrected chi connectivity index (χ0v) is 18.8. The molecule has 0 spiro atoms. The zero-order valence-electron chi connectivity index (χ0n) is 18.8. The average molecular weight is 454 g/mol. The number of carboxylic acid groups (broad SMARTS) is 1. The number of aromatic carboxylic acids is 1. The minimum absolute atomic E-state index is 0.0534. The molecule has 0 unspecified atom stereocenters. The number of rotatable bonds is 6. The van der Waals surface area contributed by atoms with E-state index in [0.717, 1.165) is 12.8 Å². The number of nitriles is 1. The highest BCUT2D eigenvalue weighted by Gasteiger charge is 2.27. The summed E-state index contributed by atoms with van der Waals surface area (Å²) in [7, 11) is 0. The number of hydrogen-bond donors (Lipinski definition) is 3. The minimum Gasteiger partial charge on any atom is -0.478 e. The van der Waals surface area contributed by atoms with Gasteiger partial charge in [-0.15, -0.1) is 0 Å². The van der Waals surface area contributed by atoms with Gasteiger partial charge in [-0.05, 0) is 39.5 Å². The van der Waals surface area contributed by atoms with E-state index in [4.69, 9.17) is 10.00 Å². The van der Waals surface area contributed by atoms with Crippen LogP contribution < -0.4 is 10.6 Å². The number of nitrogens with one attached hydrogen (secondary N) is 2. The standard InChI is InChI=1S/C22H27N7O4/c1-22(2,3)33-21(32)29-6-4-14(5-7-29)10-25-17-8-18(27-12-16(17)20(30)31)28-19-13-24-15(9-23)11-26-19/h8,11-14H,4-7,10H2,1-3H3,(H,30,31)(H2,25,26,27,28). The highest BCUT2D eigenvalue weighted by Crippen LogP contribution is 2.24. The molecule has 0 aliphatic carbocycles. The van der Waals surface area contributed by atoms with Gasteiger partial charge in [0.25, 0.3) is 0 Å². The molecule has 11 heteroatoms. The van der Waals surface area contributed by atoms with Crippen LogP contribution in [0.4, 0.5) is 22.1 Å². The number of carboxylic acids is 1. The van der Waals surface area contributed by atoms with Crippen molar-refractivity contribution in [3.63, 3.8) is 0 Å². The van der Waals surface area contributed by atoms with Gasteiger partial charge in [0.1, 0.15) is 28.9 Å². The second kappa shape index (κ2) is 10.1. The van der Waals surface area contributed by atoms with E-state index in [2.05, 4.69) is 25.6 Å². The molecule has 0 saturated carbocycles. The van der Waals surface area contributed by atoms with Crippen molar-refractivity contribution >= 4 is 29.4 Å². The molecule has 3 rings (SSSR count). The first-order valence-electron chi connectivity index (χ1n) is 10.6. The van der Waals surface area contributed by atoms with Crippen molar-refractivity contribution in [2.24, 2.45) is 5.92 Å². The first-order chi connectivity index (χ1) is 15.6. The van der Waals surface area contributed by atoms with Crippen molar-refractivity contribution in [3.05, 3.63) is 35.9 Å². The lowest BCUT2D eigenvalue weighted by atomic mass is 9.97. The van der Waals surface area contributed by atoms with E-state index in [1.54, 1.807) is 11.0 Å². The highest BCUT2D eigenvalue weighted by molar-refractivity contribution is 5.94. The van der Waals surface area contributed by atoms with E-state index in [9.17, 15) is 14.7 Å². The maximum Gasteiger partial charge on any atom is 0.410 e. The fourth-order valence-corrected chi connectivity index (χ4v) is 3.32. The molecule has 1 saturated heterocycles. The van der Waals surface area contributed by atoms with Crippen LogP contribution in [-0.4, -0.2) is 62.3 Å². The molecule has 174 valence electrons. The van der Waals surface area contributed by atoms with Gasteiger partial charge in [-0.25, -0.2) is 24.5 Å². The second-order valence-electron chi connectivity index (χ2n) is 8.74. The Morgan fingerprint density at radius 2 is 1.88 bits per heavy atom. The summed E-state index contributed by atoms with van der Waals surface area (Å²) in [5.74, 6) is -0.0416. The molecule has 1 aliphatic heterocycles. The first-order valence-corrected chi connectivity index (χ1v) is 10.6. The van der Waals surface area contributed by atoms with Crippen molar-refractivity contribution in [2.45, 2.75) is 39.2 Å². The number of amides is 1. The quantitative estimate of drug-likeness (QED) is 0.594. The Hall–Kier alpha value is -3.94. The molecule has 0 aromatic carbocycles. The molecule has 11 nitrogen and oxygen atoms in total. The number of carbonyl (C=O) groups is 2. The number of ether oxygens (including phenoxy) is 1. The summed E-state index contributed by atoms with van der Waals surface area (Å²) < 4.78 is 5.43. The number of hydrogen-bond acceptors (Lipinski definition) is 9. The Kier molecular flexibility index (Phi) is 7.27. The first kappa shape index (κ1) is 23.7. The maximum absolute atomic E-state index is 12.2. The monoisotopic (exact) mass is 453 g/mol. The molecule has 3 heterocycles. The summed E-state index contributed by atoms with van der Waals surface area (Å²) in [5, 5.41) is 24.5. The van der Waals surface area contributed by atoms with Crippen molar-refractivity contribution in [3.8, 4) is 6.07 Å². The Balaban J connectivity index is 1.60. The molecule has 0 bridgehead atoms. The number of likely N-dealkylation sites (tertiary alicyclic amines) is 1. The molecular formula is C22H27N7O4. The number of piperidine rings is 1. The molecule has 33 heavy (non-hydrogen) atoms. The molecule has 3 N–H and O–H groups in total. The smallest absolute Gasteiger partial charge is 0.410 e. The Morgan fingerprint density at radius 1 is 1.18 bits per heavy atom. The van der Waals surface area contributed by atoms with Crippen LogP contribution in [0.3, 0.4) is 0 Å². The van der Waals surface area contributed by atoms with Gasteiger partial charge in [-0.2, -0.15) is 5.26 Å². The third-order valence-corrected chi connectivity index (χ3v) is 5.00. The van der Waals surface area contributed by atoms with Gasteiger partial charge in [0.15, 0.2) is 5.69 Å². The van der Waals surface area contributed by atoms with Crippen molar-refractivity contribution in [1.29, 1.82) is 5.26 Å². The van der Waals surface area contributed by atoms with Crippen molar-refractivity contribution < 1.29 is 19.4 Å². The molecule has 0 atom stereocenters. The van der Waals surface area contributed by atoms with Crippen LogP contribution in [0.15, 0.2) is 24.7 Å². The number of anilines is 3. The molecule has 1 fully saturated rings. The third-order valence-electron chi connectivity index (χ3n) is 5.00. The van der Waals surface area contributed by atoms with Gasteiger partial charge in [0.2, 0.25) is 0 Å². The summed E-state index contributed by atoms with van der Waals surface area (Å²) in [6.07, 6.45) is 5.26. The van der Waals surface area contributed by atoms with E-state index < -0.39 is 11.6 Å². The van der Waals surface area contributed by atoms with Gasteiger partial charge in [-0.3, -0.25) is 0 Å². The highest BCUT2D eigenvalue weighted by atomic mass is 16.6. The third kappa shape index (κ3) is 6.77. The summed E-state index contributed by atoms with van der Waals surface area (Å²) in [5.41, 5.74) is 0.141.